The Morgan fingerprint density at radius 3 is 2.77 bits per heavy atom. The highest BCUT2D eigenvalue weighted by Crippen LogP contribution is 2.25. The molecule has 1 heterocycles. The standard InChI is InChI=1S/C14H12N6O2/c15-13(12-14(16)20-22-19-12)18-17-7-10-9-4-2-1-3-8(9)5-6-11(10)21/h1-7,21H,(H2,15,18)(H2,16,20)/b17-7-. The van der Waals surface area contributed by atoms with Crippen LogP contribution >= 0.6 is 0 Å². The minimum atomic E-state index is -0.0327. The Hall–Kier alpha value is -3.42. The smallest absolute Gasteiger partial charge is 0.199 e. The van der Waals surface area contributed by atoms with E-state index in [1.165, 1.54) is 6.21 Å². The van der Waals surface area contributed by atoms with Gasteiger partial charge in [-0.2, -0.15) is 5.10 Å². The molecule has 0 aliphatic heterocycles. The van der Waals surface area contributed by atoms with Gasteiger partial charge in [0.25, 0.3) is 0 Å². The number of amidine groups is 1. The molecule has 0 unspecified atom stereocenters. The van der Waals surface area contributed by atoms with E-state index in [1.54, 1.807) is 6.07 Å². The summed E-state index contributed by atoms with van der Waals surface area (Å²) < 4.78 is 4.43. The number of phenolic OH excluding ortho intramolecular Hbond substituents is 1. The number of nitrogen functional groups attached to an aromatic ring is 1. The van der Waals surface area contributed by atoms with Gasteiger partial charge in [-0.3, -0.25) is 0 Å². The first-order valence-corrected chi connectivity index (χ1v) is 6.32. The molecule has 0 aliphatic carbocycles. The van der Waals surface area contributed by atoms with Crippen LogP contribution in [0, 0.1) is 0 Å². The van der Waals surface area contributed by atoms with Crippen molar-refractivity contribution in [3.63, 3.8) is 0 Å². The number of nitrogens with two attached hydrogens (primary N) is 2. The van der Waals surface area contributed by atoms with E-state index in [1.807, 2.05) is 30.3 Å². The van der Waals surface area contributed by atoms with E-state index in [-0.39, 0.29) is 23.1 Å². The maximum absolute atomic E-state index is 9.97. The van der Waals surface area contributed by atoms with Crippen LogP contribution in [0.15, 0.2) is 51.2 Å². The number of aromatic hydroxyl groups is 1. The van der Waals surface area contributed by atoms with Crippen LogP contribution in [-0.2, 0) is 0 Å². The second-order valence-electron chi connectivity index (χ2n) is 4.45. The summed E-state index contributed by atoms with van der Waals surface area (Å²) in [5.41, 5.74) is 11.9. The number of rotatable bonds is 3. The van der Waals surface area contributed by atoms with Crippen molar-refractivity contribution in [2.45, 2.75) is 0 Å². The zero-order valence-corrected chi connectivity index (χ0v) is 11.3. The molecule has 0 fully saturated rings. The molecule has 5 N–H and O–H groups in total. The molecule has 0 radical (unpaired) electrons. The first-order valence-electron chi connectivity index (χ1n) is 6.32. The summed E-state index contributed by atoms with van der Waals surface area (Å²) in [6.07, 6.45) is 1.41. The van der Waals surface area contributed by atoms with Crippen molar-refractivity contribution in [3.05, 3.63) is 47.7 Å². The van der Waals surface area contributed by atoms with Crippen molar-refractivity contribution in [2.75, 3.05) is 5.73 Å². The predicted molar refractivity (Wildman–Crippen MR) is 82.6 cm³/mol. The van der Waals surface area contributed by atoms with Crippen molar-refractivity contribution < 1.29 is 9.74 Å². The second kappa shape index (κ2) is 5.52. The van der Waals surface area contributed by atoms with Gasteiger partial charge >= 0.3 is 0 Å². The van der Waals surface area contributed by atoms with Gasteiger partial charge in [0.2, 0.25) is 0 Å². The molecule has 0 atom stereocenters. The summed E-state index contributed by atoms with van der Waals surface area (Å²) in [5.74, 6) is 0.0954. The third-order valence-corrected chi connectivity index (χ3v) is 3.06. The SMILES string of the molecule is N/C(=N/N=C\c1c(O)ccc2ccccc12)c1nonc1N. The van der Waals surface area contributed by atoms with Crippen LogP contribution in [0.1, 0.15) is 11.3 Å². The number of nitrogens with zero attached hydrogens (tertiary/aromatic N) is 4. The topological polar surface area (TPSA) is 136 Å². The van der Waals surface area contributed by atoms with Crippen LogP contribution in [0.2, 0.25) is 0 Å². The number of aromatic nitrogens is 2. The molecule has 0 aliphatic rings. The second-order valence-corrected chi connectivity index (χ2v) is 4.45. The first-order chi connectivity index (χ1) is 10.7. The van der Waals surface area contributed by atoms with Crippen molar-refractivity contribution in [2.24, 2.45) is 15.9 Å². The van der Waals surface area contributed by atoms with E-state index in [0.29, 0.717) is 5.56 Å². The van der Waals surface area contributed by atoms with Gasteiger partial charge in [0.1, 0.15) is 5.75 Å². The fourth-order valence-corrected chi connectivity index (χ4v) is 1.99. The molecule has 3 rings (SSSR count). The van der Waals surface area contributed by atoms with Crippen LogP contribution in [0.3, 0.4) is 0 Å². The minimum Gasteiger partial charge on any atom is -0.507 e. The highest BCUT2D eigenvalue weighted by atomic mass is 16.6. The van der Waals surface area contributed by atoms with Crippen LogP contribution in [0.25, 0.3) is 10.8 Å². The molecule has 0 spiro atoms. The van der Waals surface area contributed by atoms with Gasteiger partial charge in [-0.25, -0.2) is 4.63 Å². The molecule has 0 amide bonds. The maximum atomic E-state index is 9.97. The summed E-state index contributed by atoms with van der Waals surface area (Å²) in [4.78, 5) is 0. The Bertz CT molecular complexity index is 884. The minimum absolute atomic E-state index is 0.0319. The van der Waals surface area contributed by atoms with Gasteiger partial charge in [-0.15, -0.1) is 5.10 Å². The van der Waals surface area contributed by atoms with E-state index in [9.17, 15) is 5.11 Å². The Morgan fingerprint density at radius 2 is 2.00 bits per heavy atom. The molecular weight excluding hydrogens is 284 g/mol. The lowest BCUT2D eigenvalue weighted by atomic mass is 10.0. The van der Waals surface area contributed by atoms with Crippen molar-refractivity contribution in [3.8, 4) is 5.75 Å². The summed E-state index contributed by atoms with van der Waals surface area (Å²) in [7, 11) is 0. The highest BCUT2D eigenvalue weighted by Gasteiger charge is 2.10. The zero-order chi connectivity index (χ0) is 15.5. The predicted octanol–water partition coefficient (Wildman–Crippen LogP) is 1.25. The monoisotopic (exact) mass is 296 g/mol. The Balaban J connectivity index is 1.96. The number of phenols is 1. The van der Waals surface area contributed by atoms with Crippen LogP contribution in [0.5, 0.6) is 5.75 Å². The highest BCUT2D eigenvalue weighted by molar-refractivity contribution is 6.03. The molecule has 8 nitrogen and oxygen atoms in total. The molecule has 2 aromatic carbocycles. The molecule has 0 saturated heterocycles. The third-order valence-electron chi connectivity index (χ3n) is 3.06. The average molecular weight is 296 g/mol. The molecule has 1 aromatic heterocycles. The normalized spacial score (nSPS) is 12.3. The van der Waals surface area contributed by atoms with E-state index < -0.39 is 0 Å². The number of anilines is 1. The average Bonchev–Trinajstić information content (AvgIpc) is 2.95. The molecule has 22 heavy (non-hydrogen) atoms. The summed E-state index contributed by atoms with van der Waals surface area (Å²) in [6, 6.07) is 11.0. The zero-order valence-electron chi connectivity index (χ0n) is 11.3. The number of benzene rings is 2. The van der Waals surface area contributed by atoms with Gasteiger partial charge in [-0.1, -0.05) is 30.3 Å². The fourth-order valence-electron chi connectivity index (χ4n) is 1.99. The lowest BCUT2D eigenvalue weighted by molar-refractivity contribution is 0.308. The summed E-state index contributed by atoms with van der Waals surface area (Å²) in [6.45, 7) is 0. The first kappa shape index (κ1) is 13.6. The molecule has 110 valence electrons. The Labute approximate surface area is 124 Å². The lowest BCUT2D eigenvalue weighted by Crippen LogP contribution is -2.15. The van der Waals surface area contributed by atoms with Gasteiger partial charge in [0, 0.05) is 5.56 Å². The van der Waals surface area contributed by atoms with Gasteiger partial charge in [0.15, 0.2) is 17.3 Å². The van der Waals surface area contributed by atoms with E-state index in [0.717, 1.165) is 10.8 Å². The van der Waals surface area contributed by atoms with Crippen molar-refractivity contribution in [1.82, 2.24) is 10.3 Å². The molecule has 0 bridgehead atoms. The molecule has 0 saturated carbocycles. The van der Waals surface area contributed by atoms with Gasteiger partial charge in [-0.05, 0) is 27.2 Å². The molecular formula is C14H12N6O2. The van der Waals surface area contributed by atoms with Crippen LogP contribution < -0.4 is 11.5 Å². The Morgan fingerprint density at radius 1 is 1.18 bits per heavy atom. The van der Waals surface area contributed by atoms with Gasteiger partial charge in [0.05, 0.1) is 6.21 Å². The maximum Gasteiger partial charge on any atom is 0.199 e. The van der Waals surface area contributed by atoms with E-state index in [4.69, 9.17) is 11.5 Å². The summed E-state index contributed by atoms with van der Waals surface area (Å²) in [5, 5.41) is 26.4. The number of fused-ring (bicyclic) bond motifs is 1. The van der Waals surface area contributed by atoms with Gasteiger partial charge < -0.3 is 16.6 Å². The fraction of sp³-hybridized carbons (Fsp3) is 0. The quantitative estimate of drug-likeness (QED) is 0.378. The van der Waals surface area contributed by atoms with Crippen molar-refractivity contribution in [1.29, 1.82) is 0 Å². The summed E-state index contributed by atoms with van der Waals surface area (Å²) >= 11 is 0. The molecule has 3 aromatic rings. The Kier molecular flexibility index (Phi) is 3.40. The van der Waals surface area contributed by atoms with Crippen LogP contribution in [0.4, 0.5) is 5.82 Å². The largest absolute Gasteiger partial charge is 0.507 e. The lowest BCUT2D eigenvalue weighted by Gasteiger charge is -2.03. The number of hydrogen-bond acceptors (Lipinski definition) is 7. The van der Waals surface area contributed by atoms with Crippen LogP contribution in [-0.4, -0.2) is 27.5 Å². The third kappa shape index (κ3) is 2.44. The molecule has 8 heteroatoms. The van der Waals surface area contributed by atoms with E-state index >= 15 is 0 Å². The van der Waals surface area contributed by atoms with E-state index in [2.05, 4.69) is 25.1 Å². The van der Waals surface area contributed by atoms with Crippen molar-refractivity contribution >= 4 is 28.6 Å². The number of hydrogen-bond donors (Lipinski definition) is 3.